The Morgan fingerprint density at radius 1 is 1.31 bits per heavy atom. The van der Waals surface area contributed by atoms with Crippen LogP contribution in [0.5, 0.6) is 0 Å². The van der Waals surface area contributed by atoms with Gasteiger partial charge in [0.2, 0.25) is 5.91 Å². The maximum atomic E-state index is 13.3. The number of nitrogens with two attached hydrogens (primary N) is 1. The molecule has 1 atom stereocenters. The molecule has 7 heteroatoms. The first kappa shape index (κ1) is 18.3. The highest BCUT2D eigenvalue weighted by Gasteiger charge is 2.25. The van der Waals surface area contributed by atoms with Crippen LogP contribution in [0.4, 0.5) is 4.39 Å². The van der Waals surface area contributed by atoms with Gasteiger partial charge in [0.05, 0.1) is 5.39 Å². The SMILES string of the molecule is CCc1nc2sc(C)c(-c3ccc(F)cc3)c2c(=O)n1C(CC)C(N)=O. The zero-order valence-electron chi connectivity index (χ0n) is 14.9. The number of hydrogen-bond donors (Lipinski definition) is 1. The van der Waals surface area contributed by atoms with Crippen LogP contribution in [0.15, 0.2) is 29.1 Å². The number of primary amides is 1. The molecular weight excluding hydrogens is 353 g/mol. The third-order valence-electron chi connectivity index (χ3n) is 4.48. The summed E-state index contributed by atoms with van der Waals surface area (Å²) in [5.74, 6) is -0.352. The first-order valence-electron chi connectivity index (χ1n) is 8.48. The molecule has 1 aromatic carbocycles. The molecule has 2 aromatic heterocycles. The molecule has 2 heterocycles. The summed E-state index contributed by atoms with van der Waals surface area (Å²) in [6.07, 6.45) is 0.919. The maximum absolute atomic E-state index is 13.3. The molecule has 0 spiro atoms. The lowest BCUT2D eigenvalue weighted by Gasteiger charge is -2.18. The average Bonchev–Trinajstić information content (AvgIpc) is 2.94. The van der Waals surface area contributed by atoms with E-state index in [0.717, 1.165) is 16.0 Å². The molecule has 136 valence electrons. The molecule has 0 saturated carbocycles. The van der Waals surface area contributed by atoms with Crippen molar-refractivity contribution in [3.8, 4) is 11.1 Å². The summed E-state index contributed by atoms with van der Waals surface area (Å²) in [4.78, 5) is 31.4. The van der Waals surface area contributed by atoms with Crippen molar-refractivity contribution in [1.82, 2.24) is 9.55 Å². The van der Waals surface area contributed by atoms with Gasteiger partial charge in [-0.05, 0) is 31.0 Å². The fourth-order valence-corrected chi connectivity index (χ4v) is 4.32. The quantitative estimate of drug-likeness (QED) is 0.743. The van der Waals surface area contributed by atoms with Gasteiger partial charge in [0.25, 0.3) is 5.56 Å². The summed E-state index contributed by atoms with van der Waals surface area (Å²) in [5.41, 5.74) is 6.73. The molecule has 0 saturated heterocycles. The van der Waals surface area contributed by atoms with Crippen molar-refractivity contribution in [2.45, 2.75) is 39.7 Å². The standard InChI is InChI=1S/C19H20FN3O2S/c1-4-13(17(21)24)23-14(5-2)22-18-16(19(23)25)15(10(3)26-18)11-6-8-12(20)9-7-11/h6-9,13H,4-5H2,1-3H3,(H2,21,24). The Labute approximate surface area is 154 Å². The number of fused-ring (bicyclic) bond motifs is 1. The number of hydrogen-bond acceptors (Lipinski definition) is 4. The van der Waals surface area contributed by atoms with Gasteiger partial charge in [-0.15, -0.1) is 11.3 Å². The highest BCUT2D eigenvalue weighted by molar-refractivity contribution is 7.19. The molecule has 2 N–H and O–H groups in total. The van der Waals surface area contributed by atoms with E-state index in [1.165, 1.54) is 28.0 Å². The lowest BCUT2D eigenvalue weighted by molar-refractivity contribution is -0.121. The van der Waals surface area contributed by atoms with Gasteiger partial charge in [-0.1, -0.05) is 26.0 Å². The molecule has 1 unspecified atom stereocenters. The second-order valence-corrected chi connectivity index (χ2v) is 7.31. The van der Waals surface area contributed by atoms with Crippen LogP contribution in [0.1, 0.15) is 37.0 Å². The number of benzene rings is 1. The molecule has 26 heavy (non-hydrogen) atoms. The van der Waals surface area contributed by atoms with E-state index in [0.29, 0.717) is 28.9 Å². The normalized spacial score (nSPS) is 12.5. The summed E-state index contributed by atoms with van der Waals surface area (Å²) in [5, 5.41) is 0.455. The van der Waals surface area contributed by atoms with Crippen LogP contribution in [0.25, 0.3) is 21.3 Å². The van der Waals surface area contributed by atoms with Gasteiger partial charge >= 0.3 is 0 Å². The average molecular weight is 373 g/mol. The minimum atomic E-state index is -0.740. The summed E-state index contributed by atoms with van der Waals surface area (Å²) in [6, 6.07) is 5.28. The molecular formula is C19H20FN3O2S. The summed E-state index contributed by atoms with van der Waals surface area (Å²) >= 11 is 1.42. The number of nitrogens with zero attached hydrogens (tertiary/aromatic N) is 2. The number of carbonyl (C=O) groups is 1. The highest BCUT2D eigenvalue weighted by Crippen LogP contribution is 2.36. The van der Waals surface area contributed by atoms with Crippen LogP contribution < -0.4 is 11.3 Å². The minimum Gasteiger partial charge on any atom is -0.368 e. The topological polar surface area (TPSA) is 78.0 Å². The third-order valence-corrected chi connectivity index (χ3v) is 5.48. The predicted molar refractivity (Wildman–Crippen MR) is 102 cm³/mol. The van der Waals surface area contributed by atoms with Crippen molar-refractivity contribution < 1.29 is 9.18 Å². The van der Waals surface area contributed by atoms with Crippen molar-refractivity contribution in [3.05, 3.63) is 51.1 Å². The van der Waals surface area contributed by atoms with E-state index in [1.54, 1.807) is 12.1 Å². The Kier molecular flexibility index (Phi) is 4.91. The first-order chi connectivity index (χ1) is 12.4. The second-order valence-electron chi connectivity index (χ2n) is 6.10. The van der Waals surface area contributed by atoms with Crippen LogP contribution in [0.2, 0.25) is 0 Å². The van der Waals surface area contributed by atoms with Gasteiger partial charge in [0.1, 0.15) is 22.5 Å². The van der Waals surface area contributed by atoms with E-state index < -0.39 is 11.9 Å². The van der Waals surface area contributed by atoms with Crippen molar-refractivity contribution in [2.75, 3.05) is 0 Å². The lowest BCUT2D eigenvalue weighted by atomic mass is 10.0. The Morgan fingerprint density at radius 3 is 2.50 bits per heavy atom. The number of thiophene rings is 1. The van der Waals surface area contributed by atoms with Gasteiger partial charge < -0.3 is 5.73 Å². The van der Waals surface area contributed by atoms with Crippen LogP contribution in [0.3, 0.4) is 0 Å². The van der Waals surface area contributed by atoms with E-state index in [1.807, 2.05) is 20.8 Å². The Morgan fingerprint density at radius 2 is 1.96 bits per heavy atom. The molecule has 3 aromatic rings. The van der Waals surface area contributed by atoms with Crippen LogP contribution in [-0.2, 0) is 11.2 Å². The van der Waals surface area contributed by atoms with Crippen LogP contribution >= 0.6 is 11.3 Å². The third kappa shape index (κ3) is 2.92. The smallest absolute Gasteiger partial charge is 0.263 e. The van der Waals surface area contributed by atoms with E-state index in [2.05, 4.69) is 4.98 Å². The van der Waals surface area contributed by atoms with E-state index in [-0.39, 0.29) is 11.4 Å². The Bertz CT molecular complexity index is 1040. The zero-order chi connectivity index (χ0) is 19.0. The molecule has 0 radical (unpaired) electrons. The number of aromatic nitrogens is 2. The number of rotatable bonds is 5. The Balaban J connectivity index is 2.39. The minimum absolute atomic E-state index is 0.277. The molecule has 0 aliphatic heterocycles. The molecule has 0 fully saturated rings. The molecule has 1 amide bonds. The van der Waals surface area contributed by atoms with Crippen LogP contribution in [-0.4, -0.2) is 15.5 Å². The van der Waals surface area contributed by atoms with E-state index >= 15 is 0 Å². The van der Waals surface area contributed by atoms with Crippen molar-refractivity contribution in [2.24, 2.45) is 5.73 Å². The Hall–Kier alpha value is -2.54. The highest BCUT2D eigenvalue weighted by atomic mass is 32.1. The fraction of sp³-hybridized carbons (Fsp3) is 0.316. The number of amides is 1. The van der Waals surface area contributed by atoms with Gasteiger partial charge in [-0.3, -0.25) is 14.2 Å². The molecule has 0 aliphatic rings. The first-order valence-corrected chi connectivity index (χ1v) is 9.30. The van der Waals surface area contributed by atoms with Crippen LogP contribution in [0, 0.1) is 12.7 Å². The second kappa shape index (κ2) is 6.99. The van der Waals surface area contributed by atoms with Crippen molar-refractivity contribution in [3.63, 3.8) is 0 Å². The summed E-state index contributed by atoms with van der Waals surface area (Å²) in [6.45, 7) is 5.61. The largest absolute Gasteiger partial charge is 0.368 e. The predicted octanol–water partition coefficient (Wildman–Crippen LogP) is 3.57. The van der Waals surface area contributed by atoms with Crippen molar-refractivity contribution >= 4 is 27.5 Å². The number of halogens is 1. The fourth-order valence-electron chi connectivity index (χ4n) is 3.26. The summed E-state index contributed by atoms with van der Waals surface area (Å²) < 4.78 is 14.7. The lowest BCUT2D eigenvalue weighted by Crippen LogP contribution is -2.36. The monoisotopic (exact) mass is 373 g/mol. The zero-order valence-corrected chi connectivity index (χ0v) is 15.7. The molecule has 5 nitrogen and oxygen atoms in total. The van der Waals surface area contributed by atoms with E-state index in [9.17, 15) is 14.0 Å². The van der Waals surface area contributed by atoms with Crippen molar-refractivity contribution in [1.29, 1.82) is 0 Å². The van der Waals surface area contributed by atoms with Gasteiger partial charge in [0, 0.05) is 16.9 Å². The number of aryl methyl sites for hydroxylation is 2. The van der Waals surface area contributed by atoms with Gasteiger partial charge in [-0.2, -0.15) is 0 Å². The molecule has 3 rings (SSSR count). The van der Waals surface area contributed by atoms with Gasteiger partial charge in [-0.25, -0.2) is 9.37 Å². The maximum Gasteiger partial charge on any atom is 0.263 e. The van der Waals surface area contributed by atoms with E-state index in [4.69, 9.17) is 5.73 Å². The number of carbonyl (C=O) groups excluding carboxylic acids is 1. The summed E-state index contributed by atoms with van der Waals surface area (Å²) in [7, 11) is 0. The van der Waals surface area contributed by atoms with Gasteiger partial charge in [0.15, 0.2) is 0 Å². The molecule has 0 aliphatic carbocycles. The molecule has 0 bridgehead atoms.